The van der Waals surface area contributed by atoms with Crippen molar-refractivity contribution in [3.63, 3.8) is 0 Å². The van der Waals surface area contributed by atoms with Gasteiger partial charge in [0, 0.05) is 19.3 Å². The second-order valence-electron chi connectivity index (χ2n) is 17.8. The zero-order valence-electron chi connectivity index (χ0n) is 38.3. The van der Waals surface area contributed by atoms with Crippen LogP contribution >= 0.6 is 0 Å². The molecular weight excluding hydrogens is 697 g/mol. The van der Waals surface area contributed by atoms with Crippen LogP contribution in [0.2, 0.25) is 0 Å². The fourth-order valence-electron chi connectivity index (χ4n) is 7.43. The summed E-state index contributed by atoms with van der Waals surface area (Å²) in [5.74, 6) is 0.838. The van der Waals surface area contributed by atoms with Gasteiger partial charge in [0.2, 0.25) is 0 Å². The monoisotopic (exact) mass is 793 g/mol. The molecule has 0 fully saturated rings. The standard InChI is InChI=1S/C50H96O6/c1-6-8-9-10-23-30-35-40-48(51)54-43-47(56-50(53)42-37-32-27-22-21-25-29-34-39-46(5)7-2)44-55-49(52)41-36-31-26-20-18-16-14-12-11-13-15-17-19-24-28-33-38-45(3)4/h45-47H,6-44H2,1-5H3/t46?,47-/m0/s1. The molecule has 332 valence electrons. The van der Waals surface area contributed by atoms with E-state index < -0.39 is 6.10 Å². The minimum absolute atomic E-state index is 0.0647. The van der Waals surface area contributed by atoms with Crippen LogP contribution in [0.3, 0.4) is 0 Å². The molecule has 0 heterocycles. The second-order valence-corrected chi connectivity index (χ2v) is 17.8. The predicted octanol–water partition coefficient (Wildman–Crippen LogP) is 15.8. The molecule has 0 aromatic heterocycles. The summed E-state index contributed by atoms with van der Waals surface area (Å²) in [6.07, 6.45) is 42.4. The highest BCUT2D eigenvalue weighted by atomic mass is 16.6. The maximum absolute atomic E-state index is 12.7. The van der Waals surface area contributed by atoms with Gasteiger partial charge in [0.05, 0.1) is 0 Å². The molecule has 0 aromatic rings. The van der Waals surface area contributed by atoms with Gasteiger partial charge in [-0.3, -0.25) is 14.4 Å². The molecule has 1 unspecified atom stereocenters. The van der Waals surface area contributed by atoms with E-state index in [1.807, 2.05) is 0 Å². The van der Waals surface area contributed by atoms with Gasteiger partial charge in [0.1, 0.15) is 13.2 Å². The number of rotatable bonds is 44. The van der Waals surface area contributed by atoms with E-state index in [1.165, 1.54) is 161 Å². The Balaban J connectivity index is 4.18. The lowest BCUT2D eigenvalue weighted by atomic mass is 9.99. The summed E-state index contributed by atoms with van der Waals surface area (Å²) in [5, 5.41) is 0. The molecule has 0 rings (SSSR count). The van der Waals surface area contributed by atoms with Crippen molar-refractivity contribution in [2.45, 2.75) is 278 Å². The summed E-state index contributed by atoms with van der Waals surface area (Å²) in [4.78, 5) is 37.7. The minimum atomic E-state index is -0.760. The largest absolute Gasteiger partial charge is 0.462 e. The lowest BCUT2D eigenvalue weighted by Gasteiger charge is -2.18. The van der Waals surface area contributed by atoms with Gasteiger partial charge in [-0.05, 0) is 31.1 Å². The summed E-state index contributed by atoms with van der Waals surface area (Å²) in [5.41, 5.74) is 0. The van der Waals surface area contributed by atoms with Crippen molar-refractivity contribution in [1.82, 2.24) is 0 Å². The van der Waals surface area contributed by atoms with Gasteiger partial charge in [-0.25, -0.2) is 0 Å². The van der Waals surface area contributed by atoms with Crippen molar-refractivity contribution < 1.29 is 28.6 Å². The summed E-state index contributed by atoms with van der Waals surface area (Å²) >= 11 is 0. The van der Waals surface area contributed by atoms with Crippen LogP contribution in [-0.2, 0) is 28.6 Å². The van der Waals surface area contributed by atoms with Crippen LogP contribution in [-0.4, -0.2) is 37.2 Å². The Morgan fingerprint density at radius 2 is 0.679 bits per heavy atom. The zero-order valence-corrected chi connectivity index (χ0v) is 38.3. The average molecular weight is 793 g/mol. The highest BCUT2D eigenvalue weighted by molar-refractivity contribution is 5.71. The highest BCUT2D eigenvalue weighted by Gasteiger charge is 2.19. The Bertz CT molecular complexity index is 856. The van der Waals surface area contributed by atoms with Crippen molar-refractivity contribution in [3.8, 4) is 0 Å². The second kappa shape index (κ2) is 43.0. The van der Waals surface area contributed by atoms with Crippen molar-refractivity contribution in [2.24, 2.45) is 11.8 Å². The molecule has 0 aliphatic carbocycles. The Morgan fingerprint density at radius 1 is 0.375 bits per heavy atom. The molecule has 0 aliphatic heterocycles. The van der Waals surface area contributed by atoms with Crippen molar-refractivity contribution in [1.29, 1.82) is 0 Å². The van der Waals surface area contributed by atoms with Gasteiger partial charge < -0.3 is 14.2 Å². The Morgan fingerprint density at radius 3 is 1.02 bits per heavy atom. The summed E-state index contributed by atoms with van der Waals surface area (Å²) < 4.78 is 16.7. The smallest absolute Gasteiger partial charge is 0.306 e. The third-order valence-corrected chi connectivity index (χ3v) is 11.6. The molecular formula is C50H96O6. The van der Waals surface area contributed by atoms with Gasteiger partial charge in [0.15, 0.2) is 6.10 Å². The molecule has 0 spiro atoms. The predicted molar refractivity (Wildman–Crippen MR) is 238 cm³/mol. The number of hydrogen-bond donors (Lipinski definition) is 0. The van der Waals surface area contributed by atoms with Crippen LogP contribution in [0.15, 0.2) is 0 Å². The number of ether oxygens (including phenoxy) is 3. The van der Waals surface area contributed by atoms with E-state index >= 15 is 0 Å². The summed E-state index contributed by atoms with van der Waals surface area (Å²) in [7, 11) is 0. The molecule has 0 bridgehead atoms. The Labute approximate surface area is 348 Å². The van der Waals surface area contributed by atoms with E-state index in [0.717, 1.165) is 69.6 Å². The first-order valence-corrected chi connectivity index (χ1v) is 24.8. The van der Waals surface area contributed by atoms with E-state index in [9.17, 15) is 14.4 Å². The van der Waals surface area contributed by atoms with Crippen LogP contribution < -0.4 is 0 Å². The number of carbonyl (C=O) groups is 3. The lowest BCUT2D eigenvalue weighted by molar-refractivity contribution is -0.167. The lowest BCUT2D eigenvalue weighted by Crippen LogP contribution is -2.30. The normalized spacial score (nSPS) is 12.5. The van der Waals surface area contributed by atoms with Gasteiger partial charge in [0.25, 0.3) is 0 Å². The maximum atomic E-state index is 12.7. The van der Waals surface area contributed by atoms with Crippen molar-refractivity contribution >= 4 is 17.9 Å². The van der Waals surface area contributed by atoms with Crippen LogP contribution in [0.4, 0.5) is 0 Å². The molecule has 56 heavy (non-hydrogen) atoms. The molecule has 0 saturated heterocycles. The van der Waals surface area contributed by atoms with Crippen LogP contribution in [0, 0.1) is 11.8 Å². The van der Waals surface area contributed by atoms with E-state index in [0.29, 0.717) is 19.3 Å². The maximum Gasteiger partial charge on any atom is 0.306 e. The van der Waals surface area contributed by atoms with E-state index in [2.05, 4.69) is 34.6 Å². The molecule has 0 aromatic carbocycles. The topological polar surface area (TPSA) is 78.9 Å². The first-order valence-electron chi connectivity index (χ1n) is 24.8. The molecule has 0 aliphatic rings. The molecule has 0 saturated carbocycles. The van der Waals surface area contributed by atoms with Gasteiger partial charge in [-0.1, -0.05) is 234 Å². The molecule has 0 radical (unpaired) electrons. The quantitative estimate of drug-likeness (QED) is 0.0347. The number of carbonyl (C=O) groups excluding carboxylic acids is 3. The van der Waals surface area contributed by atoms with E-state index in [4.69, 9.17) is 14.2 Å². The number of hydrogen-bond acceptors (Lipinski definition) is 6. The van der Waals surface area contributed by atoms with Crippen LogP contribution in [0.25, 0.3) is 0 Å². The summed E-state index contributed by atoms with van der Waals surface area (Å²) in [6.45, 7) is 11.3. The van der Waals surface area contributed by atoms with Crippen LogP contribution in [0.5, 0.6) is 0 Å². The molecule has 6 nitrogen and oxygen atoms in total. The van der Waals surface area contributed by atoms with E-state index in [1.54, 1.807) is 0 Å². The number of esters is 3. The Kier molecular flexibility index (Phi) is 41.8. The van der Waals surface area contributed by atoms with Gasteiger partial charge in [-0.2, -0.15) is 0 Å². The number of unbranched alkanes of at least 4 members (excludes halogenated alkanes) is 28. The fraction of sp³-hybridized carbons (Fsp3) is 0.940. The molecule has 6 heteroatoms. The molecule has 2 atom stereocenters. The van der Waals surface area contributed by atoms with Gasteiger partial charge >= 0.3 is 17.9 Å². The summed E-state index contributed by atoms with van der Waals surface area (Å²) in [6, 6.07) is 0. The fourth-order valence-corrected chi connectivity index (χ4v) is 7.43. The van der Waals surface area contributed by atoms with Gasteiger partial charge in [-0.15, -0.1) is 0 Å². The minimum Gasteiger partial charge on any atom is -0.462 e. The first kappa shape index (κ1) is 54.4. The highest BCUT2D eigenvalue weighted by Crippen LogP contribution is 2.17. The first-order chi connectivity index (χ1) is 27.3. The average Bonchev–Trinajstić information content (AvgIpc) is 3.18. The van der Waals surface area contributed by atoms with Crippen molar-refractivity contribution in [3.05, 3.63) is 0 Å². The third-order valence-electron chi connectivity index (χ3n) is 11.6. The third kappa shape index (κ3) is 42.0. The zero-order chi connectivity index (χ0) is 41.2. The molecule has 0 N–H and O–H groups in total. The van der Waals surface area contributed by atoms with Crippen LogP contribution in [0.1, 0.15) is 272 Å². The van der Waals surface area contributed by atoms with Crippen molar-refractivity contribution in [2.75, 3.05) is 13.2 Å². The SMILES string of the molecule is CCCCCCCCCC(=O)OC[C@@H](COC(=O)CCCCCCCCCCCCCCCCCCC(C)C)OC(=O)CCCCCCCCCCC(C)CC. The molecule has 0 amide bonds. The van der Waals surface area contributed by atoms with E-state index in [-0.39, 0.29) is 31.1 Å². The Hall–Kier alpha value is -1.59.